The average molecular weight is 392 g/mol. The number of anilines is 1. The second-order valence-corrected chi connectivity index (χ2v) is 8.27. The van der Waals surface area contributed by atoms with Crippen LogP contribution in [-0.4, -0.2) is 17.1 Å². The summed E-state index contributed by atoms with van der Waals surface area (Å²) in [6.07, 6.45) is 0. The quantitative estimate of drug-likeness (QED) is 0.652. The fourth-order valence-electron chi connectivity index (χ4n) is 2.62. The second-order valence-electron chi connectivity index (χ2n) is 5.81. The summed E-state index contributed by atoms with van der Waals surface area (Å²) in [4.78, 5) is 27.7. The zero-order valence-electron chi connectivity index (χ0n) is 13.6. The molecule has 0 spiro atoms. The van der Waals surface area contributed by atoms with Gasteiger partial charge >= 0.3 is 0 Å². The first-order chi connectivity index (χ1) is 11.9. The van der Waals surface area contributed by atoms with Gasteiger partial charge in [0.2, 0.25) is 0 Å². The van der Waals surface area contributed by atoms with E-state index in [1.165, 1.54) is 11.8 Å². The van der Waals surface area contributed by atoms with Crippen LogP contribution < -0.4 is 4.90 Å². The van der Waals surface area contributed by atoms with Gasteiger partial charge in [-0.15, -0.1) is 11.8 Å². The lowest BCUT2D eigenvalue weighted by Crippen LogP contribution is -2.31. The summed E-state index contributed by atoms with van der Waals surface area (Å²) in [6.45, 7) is 3.97. The molecular formula is C19H15Cl2NO2S. The summed E-state index contributed by atoms with van der Waals surface area (Å²) < 4.78 is 0. The van der Waals surface area contributed by atoms with Crippen LogP contribution in [-0.2, 0) is 9.59 Å². The molecule has 25 heavy (non-hydrogen) atoms. The van der Waals surface area contributed by atoms with Crippen molar-refractivity contribution in [2.24, 2.45) is 0 Å². The van der Waals surface area contributed by atoms with E-state index in [9.17, 15) is 9.59 Å². The van der Waals surface area contributed by atoms with Crippen molar-refractivity contribution >= 4 is 58.0 Å². The molecule has 1 heterocycles. The van der Waals surface area contributed by atoms with Crippen LogP contribution in [0.3, 0.4) is 0 Å². The third-order valence-electron chi connectivity index (χ3n) is 3.56. The third-order valence-corrected chi connectivity index (χ3v) is 5.09. The van der Waals surface area contributed by atoms with Crippen molar-refractivity contribution < 1.29 is 9.59 Å². The number of halogens is 2. The van der Waals surface area contributed by atoms with E-state index in [0.717, 1.165) is 10.5 Å². The van der Waals surface area contributed by atoms with E-state index in [1.807, 2.05) is 44.2 Å². The van der Waals surface area contributed by atoms with Crippen molar-refractivity contribution in [2.75, 3.05) is 4.90 Å². The van der Waals surface area contributed by atoms with Crippen molar-refractivity contribution in [3.05, 3.63) is 69.0 Å². The maximum absolute atomic E-state index is 13.1. The Morgan fingerprint density at radius 3 is 2.08 bits per heavy atom. The highest BCUT2D eigenvalue weighted by atomic mass is 35.5. The number of amides is 2. The summed E-state index contributed by atoms with van der Waals surface area (Å²) in [5.41, 5.74) is 1.51. The van der Waals surface area contributed by atoms with Gasteiger partial charge in [0.05, 0.1) is 16.2 Å². The molecular weight excluding hydrogens is 377 g/mol. The van der Waals surface area contributed by atoms with Crippen LogP contribution in [0.4, 0.5) is 5.69 Å². The van der Waals surface area contributed by atoms with Crippen molar-refractivity contribution in [1.29, 1.82) is 0 Å². The molecule has 2 aromatic rings. The Hall–Kier alpha value is -1.75. The average Bonchev–Trinajstić information content (AvgIpc) is 2.77. The number of imide groups is 1. The summed E-state index contributed by atoms with van der Waals surface area (Å²) >= 11 is 13.5. The van der Waals surface area contributed by atoms with Gasteiger partial charge in [0.25, 0.3) is 11.8 Å². The highest BCUT2D eigenvalue weighted by Gasteiger charge is 2.40. The van der Waals surface area contributed by atoms with E-state index < -0.39 is 0 Å². The van der Waals surface area contributed by atoms with E-state index in [2.05, 4.69) is 0 Å². The van der Waals surface area contributed by atoms with E-state index in [1.54, 1.807) is 18.2 Å². The number of carbonyl (C=O) groups is 2. The van der Waals surface area contributed by atoms with E-state index in [0.29, 0.717) is 26.2 Å². The fraction of sp³-hybridized carbons (Fsp3) is 0.158. The SMILES string of the molecule is CC(C)SC1=C(c2ccccc2)C(=O)N(c2cc(Cl)cc(Cl)c2)C1=O. The van der Waals surface area contributed by atoms with E-state index in [-0.39, 0.29) is 17.1 Å². The smallest absolute Gasteiger partial charge is 0.268 e. The molecule has 1 aliphatic heterocycles. The Morgan fingerprint density at radius 1 is 0.920 bits per heavy atom. The minimum atomic E-state index is -0.363. The largest absolute Gasteiger partial charge is 0.272 e. The predicted molar refractivity (Wildman–Crippen MR) is 105 cm³/mol. The van der Waals surface area contributed by atoms with Gasteiger partial charge in [-0.2, -0.15) is 0 Å². The predicted octanol–water partition coefficient (Wildman–Crippen LogP) is 5.42. The highest BCUT2D eigenvalue weighted by molar-refractivity contribution is 8.04. The number of rotatable bonds is 4. The third kappa shape index (κ3) is 3.61. The van der Waals surface area contributed by atoms with E-state index in [4.69, 9.17) is 23.2 Å². The van der Waals surface area contributed by atoms with Crippen LogP contribution in [0.15, 0.2) is 53.4 Å². The number of benzene rings is 2. The van der Waals surface area contributed by atoms with Gasteiger partial charge in [0, 0.05) is 15.3 Å². The van der Waals surface area contributed by atoms with Crippen LogP contribution >= 0.6 is 35.0 Å². The number of thioether (sulfide) groups is 1. The number of nitrogens with zero attached hydrogens (tertiary/aromatic N) is 1. The molecule has 1 aliphatic rings. The Kier molecular flexibility index (Phi) is 5.23. The molecule has 0 saturated heterocycles. The lowest BCUT2D eigenvalue weighted by molar-refractivity contribution is -0.119. The van der Waals surface area contributed by atoms with Gasteiger partial charge in [0.15, 0.2) is 0 Å². The maximum atomic E-state index is 13.1. The topological polar surface area (TPSA) is 37.4 Å². The van der Waals surface area contributed by atoms with E-state index >= 15 is 0 Å². The summed E-state index contributed by atoms with van der Waals surface area (Å²) in [5.74, 6) is -0.710. The van der Waals surface area contributed by atoms with Gasteiger partial charge in [-0.1, -0.05) is 67.4 Å². The summed E-state index contributed by atoms with van der Waals surface area (Å²) in [5, 5.41) is 0.900. The normalized spacial score (nSPS) is 14.8. The Bertz CT molecular complexity index is 858. The molecule has 128 valence electrons. The Labute approximate surface area is 160 Å². The summed E-state index contributed by atoms with van der Waals surface area (Å²) in [6, 6.07) is 13.9. The molecule has 0 unspecified atom stereocenters. The zero-order valence-corrected chi connectivity index (χ0v) is 16.0. The second kappa shape index (κ2) is 7.24. The number of carbonyl (C=O) groups excluding carboxylic acids is 2. The number of hydrogen-bond acceptors (Lipinski definition) is 3. The van der Waals surface area contributed by atoms with Crippen LogP contribution in [0, 0.1) is 0 Å². The maximum Gasteiger partial charge on any atom is 0.272 e. The zero-order chi connectivity index (χ0) is 18.1. The number of hydrogen-bond donors (Lipinski definition) is 0. The fourth-order valence-corrected chi connectivity index (χ4v) is 4.12. The molecule has 0 atom stereocenters. The minimum Gasteiger partial charge on any atom is -0.268 e. The van der Waals surface area contributed by atoms with Gasteiger partial charge in [-0.05, 0) is 23.8 Å². The molecule has 0 radical (unpaired) electrons. The Morgan fingerprint density at radius 2 is 1.52 bits per heavy atom. The van der Waals surface area contributed by atoms with Crippen LogP contribution in [0.2, 0.25) is 10.0 Å². The molecule has 0 aliphatic carbocycles. The van der Waals surface area contributed by atoms with Crippen LogP contribution in [0.1, 0.15) is 19.4 Å². The lowest BCUT2D eigenvalue weighted by Gasteiger charge is -2.16. The monoisotopic (exact) mass is 391 g/mol. The molecule has 6 heteroatoms. The lowest BCUT2D eigenvalue weighted by atomic mass is 10.1. The van der Waals surface area contributed by atoms with Gasteiger partial charge in [-0.25, -0.2) is 4.90 Å². The van der Waals surface area contributed by atoms with Crippen molar-refractivity contribution in [2.45, 2.75) is 19.1 Å². The first-order valence-corrected chi connectivity index (χ1v) is 9.33. The molecule has 2 amide bonds. The van der Waals surface area contributed by atoms with Gasteiger partial charge < -0.3 is 0 Å². The first-order valence-electron chi connectivity index (χ1n) is 7.69. The van der Waals surface area contributed by atoms with Gasteiger partial charge in [-0.3, -0.25) is 9.59 Å². The van der Waals surface area contributed by atoms with Crippen LogP contribution in [0.5, 0.6) is 0 Å². The highest BCUT2D eigenvalue weighted by Crippen LogP contribution is 2.40. The molecule has 2 aromatic carbocycles. The molecule has 3 rings (SSSR count). The molecule has 0 N–H and O–H groups in total. The van der Waals surface area contributed by atoms with Crippen molar-refractivity contribution in [3.63, 3.8) is 0 Å². The van der Waals surface area contributed by atoms with Crippen molar-refractivity contribution in [1.82, 2.24) is 0 Å². The Balaban J connectivity index is 2.12. The molecule has 0 bridgehead atoms. The first kappa shape index (κ1) is 18.1. The van der Waals surface area contributed by atoms with Crippen LogP contribution in [0.25, 0.3) is 5.57 Å². The standard InChI is InChI=1S/C19H15Cl2NO2S/c1-11(2)25-17-16(12-6-4-3-5-7-12)18(23)22(19(17)24)15-9-13(20)8-14(21)10-15/h3-11H,1-2H3. The molecule has 0 fully saturated rings. The van der Waals surface area contributed by atoms with Crippen molar-refractivity contribution in [3.8, 4) is 0 Å². The summed E-state index contributed by atoms with van der Waals surface area (Å²) in [7, 11) is 0. The molecule has 0 aromatic heterocycles. The van der Waals surface area contributed by atoms with Gasteiger partial charge in [0.1, 0.15) is 0 Å². The molecule has 3 nitrogen and oxygen atoms in total. The minimum absolute atomic E-state index is 0.161. The molecule has 0 saturated carbocycles.